The number of aromatic nitrogens is 1. The van der Waals surface area contributed by atoms with Gasteiger partial charge in [0, 0.05) is 35.6 Å². The highest BCUT2D eigenvalue weighted by atomic mass is 16.4. The van der Waals surface area contributed by atoms with Crippen LogP contribution in [0.15, 0.2) is 84.8 Å². The number of allylic oxidation sites excluding steroid dienone is 2. The zero-order chi connectivity index (χ0) is 23.1. The minimum Gasteiger partial charge on any atom is -0.502 e. The molecule has 2 aromatic carbocycles. The fourth-order valence-corrected chi connectivity index (χ4v) is 2.98. The van der Waals surface area contributed by atoms with Crippen LogP contribution in [0.2, 0.25) is 0 Å². The molecule has 0 bridgehead atoms. The normalized spacial score (nSPS) is 11.3. The van der Waals surface area contributed by atoms with Gasteiger partial charge in [0.2, 0.25) is 5.76 Å². The van der Waals surface area contributed by atoms with Crippen molar-refractivity contribution in [3.05, 3.63) is 113 Å². The van der Waals surface area contributed by atoms with E-state index in [9.17, 15) is 19.5 Å². The maximum atomic E-state index is 12.9. The van der Waals surface area contributed by atoms with E-state index < -0.39 is 17.5 Å². The van der Waals surface area contributed by atoms with Crippen LogP contribution in [-0.4, -0.2) is 32.3 Å². The van der Waals surface area contributed by atoms with Crippen LogP contribution in [0, 0.1) is 11.3 Å². The van der Waals surface area contributed by atoms with Crippen molar-refractivity contribution in [2.24, 2.45) is 0 Å². The largest absolute Gasteiger partial charge is 0.502 e. The van der Waals surface area contributed by atoms with Gasteiger partial charge in [-0.1, -0.05) is 42.5 Å². The first-order chi connectivity index (χ1) is 15.4. The summed E-state index contributed by atoms with van der Waals surface area (Å²) in [7, 11) is 0. The van der Waals surface area contributed by atoms with Crippen LogP contribution in [0.3, 0.4) is 0 Å². The molecule has 0 aliphatic carbocycles. The maximum absolute atomic E-state index is 12.9. The SMILES string of the molecule is N#Cc1ccc(Cn2cc(C(=O)c3ccccc3)cc2/C=C/C(=O)/C=C(\O)C(=O)O)cc1. The Morgan fingerprint density at radius 3 is 2.28 bits per heavy atom. The molecule has 0 fully saturated rings. The van der Waals surface area contributed by atoms with Gasteiger partial charge in [0.05, 0.1) is 11.6 Å². The molecule has 0 amide bonds. The second kappa shape index (κ2) is 9.87. The number of hydrogen-bond acceptors (Lipinski definition) is 5. The van der Waals surface area contributed by atoms with Gasteiger partial charge in [-0.2, -0.15) is 5.26 Å². The van der Waals surface area contributed by atoms with Crippen molar-refractivity contribution in [2.75, 3.05) is 0 Å². The molecule has 3 rings (SSSR count). The fraction of sp³-hybridized carbons (Fsp3) is 0.0400. The minimum atomic E-state index is -1.60. The van der Waals surface area contributed by atoms with Gasteiger partial charge in [-0.3, -0.25) is 9.59 Å². The number of benzene rings is 2. The lowest BCUT2D eigenvalue weighted by atomic mass is 10.1. The van der Waals surface area contributed by atoms with Crippen molar-refractivity contribution in [3.8, 4) is 6.07 Å². The van der Waals surface area contributed by atoms with E-state index >= 15 is 0 Å². The molecule has 0 atom stereocenters. The molecular formula is C25H18N2O5. The van der Waals surface area contributed by atoms with Crippen LogP contribution in [0.4, 0.5) is 0 Å². The zero-order valence-electron chi connectivity index (χ0n) is 16.8. The Labute approximate surface area is 183 Å². The summed E-state index contributed by atoms with van der Waals surface area (Å²) in [6.07, 6.45) is 4.82. The number of carboxylic acid groups (broad SMARTS) is 1. The lowest BCUT2D eigenvalue weighted by Crippen LogP contribution is -2.03. The topological polar surface area (TPSA) is 120 Å². The number of aliphatic carboxylic acids is 1. The number of ketones is 2. The Morgan fingerprint density at radius 1 is 0.969 bits per heavy atom. The average Bonchev–Trinajstić information content (AvgIpc) is 3.20. The van der Waals surface area contributed by atoms with Crippen molar-refractivity contribution in [1.29, 1.82) is 5.26 Å². The summed E-state index contributed by atoms with van der Waals surface area (Å²) >= 11 is 0. The smallest absolute Gasteiger partial charge is 0.371 e. The quantitative estimate of drug-likeness (QED) is 0.322. The van der Waals surface area contributed by atoms with Gasteiger partial charge in [0.1, 0.15) is 0 Å². The lowest BCUT2D eigenvalue weighted by molar-refractivity contribution is -0.135. The molecule has 0 spiro atoms. The molecule has 3 aromatic rings. The van der Waals surface area contributed by atoms with E-state index in [1.54, 1.807) is 65.4 Å². The highest BCUT2D eigenvalue weighted by Gasteiger charge is 2.14. The highest BCUT2D eigenvalue weighted by molar-refractivity contribution is 6.09. The first-order valence-electron chi connectivity index (χ1n) is 9.52. The van der Waals surface area contributed by atoms with Gasteiger partial charge in [-0.15, -0.1) is 0 Å². The number of rotatable bonds is 8. The summed E-state index contributed by atoms with van der Waals surface area (Å²) < 4.78 is 1.77. The van der Waals surface area contributed by atoms with E-state index in [0.29, 0.717) is 35.0 Å². The number of aliphatic hydroxyl groups is 1. The van der Waals surface area contributed by atoms with Crippen LogP contribution in [0.25, 0.3) is 6.08 Å². The first kappa shape index (κ1) is 22.0. The molecule has 0 saturated carbocycles. The molecule has 0 unspecified atom stereocenters. The minimum absolute atomic E-state index is 0.187. The number of hydrogen-bond donors (Lipinski definition) is 2. The van der Waals surface area contributed by atoms with Gasteiger partial charge < -0.3 is 14.8 Å². The van der Waals surface area contributed by atoms with Crippen molar-refractivity contribution in [3.63, 3.8) is 0 Å². The molecule has 0 radical (unpaired) electrons. The molecule has 1 heterocycles. The second-order valence-corrected chi connectivity index (χ2v) is 6.86. The lowest BCUT2D eigenvalue weighted by Gasteiger charge is -2.07. The number of carbonyl (C=O) groups is 3. The molecule has 7 nitrogen and oxygen atoms in total. The van der Waals surface area contributed by atoms with Crippen molar-refractivity contribution < 1.29 is 24.6 Å². The molecule has 0 saturated heterocycles. The molecule has 1 aromatic heterocycles. The molecule has 2 N–H and O–H groups in total. The Kier molecular flexibility index (Phi) is 6.78. The average molecular weight is 426 g/mol. The van der Waals surface area contributed by atoms with Crippen molar-refractivity contribution in [2.45, 2.75) is 6.54 Å². The standard InChI is InChI=1S/C25H18N2O5/c26-14-17-6-8-18(9-7-17)15-27-16-20(24(30)19-4-2-1-3-5-19)12-21(27)10-11-22(28)13-23(29)25(31)32/h1-13,16,29H,15H2,(H,31,32)/b11-10+,23-13-. The maximum Gasteiger partial charge on any atom is 0.371 e. The molecule has 0 aliphatic heterocycles. The van der Waals surface area contributed by atoms with E-state index in [0.717, 1.165) is 11.6 Å². The van der Waals surface area contributed by atoms with Gasteiger partial charge in [-0.25, -0.2) is 4.79 Å². The summed E-state index contributed by atoms with van der Waals surface area (Å²) in [5.41, 5.74) is 2.87. The summed E-state index contributed by atoms with van der Waals surface area (Å²) in [5, 5.41) is 26.9. The van der Waals surface area contributed by atoms with Gasteiger partial charge in [0.15, 0.2) is 11.6 Å². The van der Waals surface area contributed by atoms with E-state index in [-0.39, 0.29) is 5.78 Å². The third kappa shape index (κ3) is 5.46. The van der Waals surface area contributed by atoms with Gasteiger partial charge in [0.25, 0.3) is 0 Å². The number of nitrogens with zero attached hydrogens (tertiary/aromatic N) is 2. The fourth-order valence-electron chi connectivity index (χ4n) is 2.98. The van der Waals surface area contributed by atoms with Crippen molar-refractivity contribution in [1.82, 2.24) is 4.57 Å². The second-order valence-electron chi connectivity index (χ2n) is 6.86. The molecular weight excluding hydrogens is 408 g/mol. The Hall–Kier alpha value is -4.70. The van der Waals surface area contributed by atoms with Gasteiger partial charge in [-0.05, 0) is 35.9 Å². The molecule has 0 aliphatic rings. The number of carboxylic acids is 1. The predicted octanol–water partition coefficient (Wildman–Crippen LogP) is 3.75. The number of carbonyl (C=O) groups excluding carboxylic acids is 2. The Balaban J connectivity index is 1.94. The number of aliphatic hydroxyl groups excluding tert-OH is 1. The van der Waals surface area contributed by atoms with Crippen LogP contribution in [0.1, 0.15) is 32.7 Å². The summed E-state index contributed by atoms with van der Waals surface area (Å²) in [6, 6.07) is 19.4. The summed E-state index contributed by atoms with van der Waals surface area (Å²) in [4.78, 5) is 35.5. The van der Waals surface area contributed by atoms with Crippen molar-refractivity contribution >= 4 is 23.6 Å². The van der Waals surface area contributed by atoms with E-state index in [1.807, 2.05) is 6.07 Å². The van der Waals surface area contributed by atoms with Crippen LogP contribution < -0.4 is 0 Å². The third-order valence-corrected chi connectivity index (χ3v) is 4.58. The van der Waals surface area contributed by atoms with E-state index in [2.05, 4.69) is 6.07 Å². The van der Waals surface area contributed by atoms with Crippen LogP contribution in [-0.2, 0) is 16.1 Å². The highest BCUT2D eigenvalue weighted by Crippen LogP contribution is 2.18. The van der Waals surface area contributed by atoms with E-state index in [1.165, 1.54) is 6.08 Å². The van der Waals surface area contributed by atoms with Gasteiger partial charge >= 0.3 is 5.97 Å². The molecule has 158 valence electrons. The van der Waals surface area contributed by atoms with Crippen LogP contribution >= 0.6 is 0 Å². The summed E-state index contributed by atoms with van der Waals surface area (Å²) in [5.74, 6) is -3.57. The number of nitriles is 1. The third-order valence-electron chi connectivity index (χ3n) is 4.58. The molecule has 7 heteroatoms. The predicted molar refractivity (Wildman–Crippen MR) is 117 cm³/mol. The Morgan fingerprint density at radius 2 is 1.66 bits per heavy atom. The summed E-state index contributed by atoms with van der Waals surface area (Å²) in [6.45, 7) is 0.373. The van der Waals surface area contributed by atoms with E-state index in [4.69, 9.17) is 10.4 Å². The monoisotopic (exact) mass is 426 g/mol. The van der Waals surface area contributed by atoms with Crippen LogP contribution in [0.5, 0.6) is 0 Å². The Bertz CT molecular complexity index is 1260. The molecule has 32 heavy (non-hydrogen) atoms. The first-order valence-corrected chi connectivity index (χ1v) is 9.52. The zero-order valence-corrected chi connectivity index (χ0v) is 16.8.